The van der Waals surface area contributed by atoms with Gasteiger partial charge < -0.3 is 9.30 Å². The van der Waals surface area contributed by atoms with E-state index >= 15 is 0 Å². The normalized spacial score (nSPS) is 12.5. The van der Waals surface area contributed by atoms with Gasteiger partial charge in [0.15, 0.2) is 14.6 Å². The van der Waals surface area contributed by atoms with Crippen molar-refractivity contribution in [1.29, 1.82) is 0 Å². The lowest BCUT2D eigenvalue weighted by Crippen LogP contribution is -2.23. The van der Waals surface area contributed by atoms with Crippen molar-refractivity contribution in [1.82, 2.24) is 4.57 Å². The first-order chi connectivity index (χ1) is 14.6. The van der Waals surface area contributed by atoms with Crippen LogP contribution in [0.2, 0.25) is 0 Å². The molecule has 0 aliphatic heterocycles. The van der Waals surface area contributed by atoms with Gasteiger partial charge in [-0.2, -0.15) is 4.99 Å². The van der Waals surface area contributed by atoms with Gasteiger partial charge in [0, 0.05) is 5.56 Å². The Kier molecular flexibility index (Phi) is 6.71. The molecule has 164 valence electrons. The molecule has 0 bridgehead atoms. The monoisotopic (exact) mass is 464 g/mol. The Morgan fingerprint density at radius 1 is 1.19 bits per heavy atom. The second-order valence-electron chi connectivity index (χ2n) is 6.93. The van der Waals surface area contributed by atoms with E-state index in [1.54, 1.807) is 20.8 Å². The predicted octanol–water partition coefficient (Wildman–Crippen LogP) is 3.33. The molecule has 1 amide bonds. The Labute approximate surface area is 182 Å². The summed E-state index contributed by atoms with van der Waals surface area (Å²) in [6.45, 7) is 4.79. The first-order valence-corrected chi connectivity index (χ1v) is 11.9. The largest absolute Gasteiger partial charge is 0.465 e. The smallest absolute Gasteiger partial charge is 0.326 e. The fourth-order valence-electron chi connectivity index (χ4n) is 2.85. The predicted molar refractivity (Wildman–Crippen MR) is 115 cm³/mol. The van der Waals surface area contributed by atoms with Gasteiger partial charge in [0.1, 0.15) is 12.4 Å². The van der Waals surface area contributed by atoms with Crippen molar-refractivity contribution in [3.05, 3.63) is 58.6 Å². The fourth-order valence-corrected chi connectivity index (χ4v) is 5.01. The molecular weight excluding hydrogens is 443 g/mol. The average Bonchev–Trinajstić information content (AvgIpc) is 3.04. The van der Waals surface area contributed by atoms with Crippen molar-refractivity contribution in [2.24, 2.45) is 4.99 Å². The number of esters is 1. The standard InChI is InChI=1S/C21H21FN2O5S2/c1-4-29-19(25)12-24-17-9-8-15(22)11-18(17)30-21(24)23-20(26)14-6-5-7-16(10-14)31(27,28)13(2)3/h5-11,13H,4,12H2,1-3H3. The summed E-state index contributed by atoms with van der Waals surface area (Å²) < 4.78 is 45.5. The first kappa shape index (κ1) is 22.8. The van der Waals surface area contributed by atoms with Crippen LogP contribution in [0.1, 0.15) is 31.1 Å². The summed E-state index contributed by atoms with van der Waals surface area (Å²) in [5.74, 6) is -1.66. The Morgan fingerprint density at radius 3 is 2.61 bits per heavy atom. The van der Waals surface area contributed by atoms with Gasteiger partial charge in [0.05, 0.1) is 27.0 Å². The van der Waals surface area contributed by atoms with Crippen LogP contribution < -0.4 is 4.80 Å². The molecule has 0 radical (unpaired) electrons. The fraction of sp³-hybridized carbons (Fsp3) is 0.286. The number of carbonyl (C=O) groups excluding carboxylic acids is 2. The minimum Gasteiger partial charge on any atom is -0.465 e. The van der Waals surface area contributed by atoms with Crippen molar-refractivity contribution in [2.45, 2.75) is 37.5 Å². The van der Waals surface area contributed by atoms with Gasteiger partial charge in [-0.05, 0) is 57.2 Å². The zero-order chi connectivity index (χ0) is 22.8. The number of rotatable bonds is 6. The summed E-state index contributed by atoms with van der Waals surface area (Å²) >= 11 is 1.05. The second-order valence-corrected chi connectivity index (χ2v) is 10.4. The molecule has 7 nitrogen and oxygen atoms in total. The molecule has 0 N–H and O–H groups in total. The van der Waals surface area contributed by atoms with Crippen LogP contribution in [0.15, 0.2) is 52.4 Å². The quantitative estimate of drug-likeness (QED) is 0.522. The molecule has 10 heteroatoms. The zero-order valence-corrected chi connectivity index (χ0v) is 18.8. The van der Waals surface area contributed by atoms with E-state index in [9.17, 15) is 22.4 Å². The summed E-state index contributed by atoms with van der Waals surface area (Å²) in [5, 5.41) is -0.640. The van der Waals surface area contributed by atoms with Gasteiger partial charge in [-0.1, -0.05) is 17.4 Å². The summed E-state index contributed by atoms with van der Waals surface area (Å²) in [6, 6.07) is 9.70. The highest BCUT2D eigenvalue weighted by Gasteiger charge is 2.20. The Bertz CT molecular complexity index is 1320. The maximum atomic E-state index is 13.7. The molecule has 31 heavy (non-hydrogen) atoms. The number of fused-ring (bicyclic) bond motifs is 1. The number of hydrogen-bond donors (Lipinski definition) is 0. The number of thiazole rings is 1. The van der Waals surface area contributed by atoms with E-state index in [1.807, 2.05) is 0 Å². The molecule has 0 unspecified atom stereocenters. The van der Waals surface area contributed by atoms with Crippen LogP contribution in [0.4, 0.5) is 4.39 Å². The number of carbonyl (C=O) groups is 2. The number of benzene rings is 2. The molecule has 0 spiro atoms. The van der Waals surface area contributed by atoms with Crippen LogP contribution in [0, 0.1) is 5.82 Å². The molecule has 2 aromatic carbocycles. The van der Waals surface area contributed by atoms with Crippen LogP contribution in [0.25, 0.3) is 10.2 Å². The molecule has 0 fully saturated rings. The van der Waals surface area contributed by atoms with Gasteiger partial charge >= 0.3 is 5.97 Å². The second kappa shape index (κ2) is 9.11. The third kappa shape index (κ3) is 4.91. The number of hydrogen-bond acceptors (Lipinski definition) is 6. The summed E-state index contributed by atoms with van der Waals surface area (Å²) in [5.41, 5.74) is 0.621. The van der Waals surface area contributed by atoms with Crippen molar-refractivity contribution in [2.75, 3.05) is 6.61 Å². The molecule has 1 aromatic heterocycles. The third-order valence-corrected chi connectivity index (χ3v) is 7.66. The highest BCUT2D eigenvalue weighted by molar-refractivity contribution is 7.92. The lowest BCUT2D eigenvalue weighted by Gasteiger charge is -2.08. The zero-order valence-electron chi connectivity index (χ0n) is 17.2. The maximum absolute atomic E-state index is 13.7. The van der Waals surface area contributed by atoms with Crippen molar-refractivity contribution < 1.29 is 27.1 Å². The average molecular weight is 465 g/mol. The van der Waals surface area contributed by atoms with Crippen LogP contribution in [-0.4, -0.2) is 36.7 Å². The maximum Gasteiger partial charge on any atom is 0.326 e. The number of aromatic nitrogens is 1. The SMILES string of the molecule is CCOC(=O)Cn1c(=NC(=O)c2cccc(S(=O)(=O)C(C)C)c2)sc2cc(F)ccc21. The molecule has 3 rings (SSSR count). The highest BCUT2D eigenvalue weighted by Crippen LogP contribution is 2.20. The molecule has 1 heterocycles. The van der Waals surface area contributed by atoms with Crippen molar-refractivity contribution in [3.8, 4) is 0 Å². The molecule has 0 aliphatic rings. The minimum atomic E-state index is -3.56. The molecule has 3 aromatic rings. The van der Waals surface area contributed by atoms with Gasteiger partial charge in [-0.25, -0.2) is 12.8 Å². The number of nitrogens with zero attached hydrogens (tertiary/aromatic N) is 2. The van der Waals surface area contributed by atoms with E-state index in [2.05, 4.69) is 4.99 Å². The molecule has 0 atom stereocenters. The van der Waals surface area contributed by atoms with Crippen LogP contribution >= 0.6 is 11.3 Å². The van der Waals surface area contributed by atoms with Crippen molar-refractivity contribution in [3.63, 3.8) is 0 Å². The molecular formula is C21H21FN2O5S2. The molecule has 0 saturated heterocycles. The van der Waals surface area contributed by atoms with Crippen molar-refractivity contribution >= 4 is 43.3 Å². The van der Waals surface area contributed by atoms with E-state index in [4.69, 9.17) is 4.74 Å². The van der Waals surface area contributed by atoms with E-state index in [1.165, 1.54) is 47.0 Å². The van der Waals surface area contributed by atoms with E-state index in [-0.39, 0.29) is 28.4 Å². The summed E-state index contributed by atoms with van der Waals surface area (Å²) in [4.78, 5) is 29.2. The lowest BCUT2D eigenvalue weighted by atomic mass is 10.2. The van der Waals surface area contributed by atoms with Gasteiger partial charge in [0.2, 0.25) is 0 Å². The summed E-state index contributed by atoms with van der Waals surface area (Å²) in [6.07, 6.45) is 0. The van der Waals surface area contributed by atoms with E-state index in [0.29, 0.717) is 10.2 Å². The van der Waals surface area contributed by atoms with Gasteiger partial charge in [-0.3, -0.25) is 9.59 Å². The molecule has 0 saturated carbocycles. The van der Waals surface area contributed by atoms with Crippen LogP contribution in [0.3, 0.4) is 0 Å². The lowest BCUT2D eigenvalue weighted by molar-refractivity contribution is -0.143. The van der Waals surface area contributed by atoms with Gasteiger partial charge in [0.25, 0.3) is 5.91 Å². The number of ether oxygens (including phenoxy) is 1. The number of sulfone groups is 1. The Morgan fingerprint density at radius 2 is 1.94 bits per heavy atom. The number of halogens is 1. The first-order valence-electron chi connectivity index (χ1n) is 9.51. The van der Waals surface area contributed by atoms with Crippen LogP contribution in [-0.2, 0) is 25.9 Å². The third-order valence-electron chi connectivity index (χ3n) is 4.46. The molecule has 0 aliphatic carbocycles. The van der Waals surface area contributed by atoms with E-state index in [0.717, 1.165) is 11.3 Å². The summed E-state index contributed by atoms with van der Waals surface area (Å²) in [7, 11) is -3.56. The highest BCUT2D eigenvalue weighted by atomic mass is 32.2. The topological polar surface area (TPSA) is 94.8 Å². The Balaban J connectivity index is 2.10. The number of amides is 1. The Hall–Kier alpha value is -2.85. The van der Waals surface area contributed by atoms with E-state index < -0.39 is 32.8 Å². The van der Waals surface area contributed by atoms with Crippen LogP contribution in [0.5, 0.6) is 0 Å². The van der Waals surface area contributed by atoms with Gasteiger partial charge in [-0.15, -0.1) is 0 Å². The minimum absolute atomic E-state index is 0.0290.